The Balaban J connectivity index is 1.36. The van der Waals surface area contributed by atoms with E-state index < -0.39 is 0 Å². The summed E-state index contributed by atoms with van der Waals surface area (Å²) in [5.74, 6) is 2.33. The van der Waals surface area contributed by atoms with Crippen molar-refractivity contribution in [1.82, 2.24) is 0 Å². The summed E-state index contributed by atoms with van der Waals surface area (Å²) in [6.07, 6.45) is 14.4. The van der Waals surface area contributed by atoms with Crippen LogP contribution in [0, 0.1) is 34.5 Å². The van der Waals surface area contributed by atoms with Crippen LogP contribution in [0.25, 0.3) is 6.08 Å². The number of carbonyl (C=O) groups excluding carboxylic acids is 1. The third-order valence-electron chi connectivity index (χ3n) is 9.81. The van der Waals surface area contributed by atoms with Crippen molar-refractivity contribution in [1.29, 1.82) is 0 Å². The van der Waals surface area contributed by atoms with Crippen LogP contribution in [0.15, 0.2) is 35.9 Å². The van der Waals surface area contributed by atoms with Gasteiger partial charge < -0.3 is 5.11 Å². The minimum absolute atomic E-state index is 0.0856. The van der Waals surface area contributed by atoms with E-state index in [1.165, 1.54) is 12.0 Å². The van der Waals surface area contributed by atoms with E-state index >= 15 is 0 Å². The first-order valence-electron chi connectivity index (χ1n) is 12.3. The average Bonchev–Trinajstić information content (AvgIpc) is 3.11. The van der Waals surface area contributed by atoms with Crippen molar-refractivity contribution < 1.29 is 9.90 Å². The molecule has 4 aliphatic rings. The number of rotatable bonds is 3. The van der Waals surface area contributed by atoms with Crippen LogP contribution in [0.2, 0.25) is 10.0 Å². The van der Waals surface area contributed by atoms with Crippen molar-refractivity contribution >= 4 is 35.1 Å². The van der Waals surface area contributed by atoms with Gasteiger partial charge in [0.2, 0.25) is 0 Å². The van der Waals surface area contributed by atoms with Gasteiger partial charge in [0.1, 0.15) is 0 Å². The highest BCUT2D eigenvalue weighted by Gasteiger charge is 2.59. The van der Waals surface area contributed by atoms with Crippen LogP contribution in [-0.4, -0.2) is 17.0 Å². The first-order chi connectivity index (χ1) is 15.2. The lowest BCUT2D eigenvalue weighted by molar-refractivity contribution is -0.124. The third kappa shape index (κ3) is 3.62. The number of benzene rings is 1. The second-order valence-electron chi connectivity index (χ2n) is 11.2. The predicted octanol–water partition coefficient (Wildman–Crippen LogP) is 7.52. The summed E-state index contributed by atoms with van der Waals surface area (Å²) in [7, 11) is 0. The molecule has 0 aliphatic heterocycles. The summed E-state index contributed by atoms with van der Waals surface area (Å²) in [6.45, 7) is 4.85. The molecule has 0 radical (unpaired) electrons. The molecule has 0 amide bonds. The molecule has 2 nitrogen and oxygen atoms in total. The molecule has 3 saturated carbocycles. The highest BCUT2D eigenvalue weighted by molar-refractivity contribution is 6.35. The maximum atomic E-state index is 13.3. The minimum atomic E-state index is -0.158. The summed E-state index contributed by atoms with van der Waals surface area (Å²) in [5.41, 5.74) is 2.68. The quantitative estimate of drug-likeness (QED) is 0.364. The Bertz CT molecular complexity index is 982. The van der Waals surface area contributed by atoms with E-state index in [1.54, 1.807) is 12.1 Å². The Kier molecular flexibility index (Phi) is 5.88. The van der Waals surface area contributed by atoms with E-state index in [1.807, 2.05) is 18.2 Å². The van der Waals surface area contributed by atoms with Gasteiger partial charge in [0, 0.05) is 16.0 Å². The largest absolute Gasteiger partial charge is 0.393 e. The number of allylic oxidation sites excluding steroid dienone is 2. The highest BCUT2D eigenvalue weighted by Crippen LogP contribution is 2.66. The first-order valence-corrected chi connectivity index (χ1v) is 13.0. The standard InChI is InChI=1S/C28H34Cl2O2/c1-27-13-11-20(31)15-18(27)5-7-21-22-8-9-24(28(22,2)14-12-23(21)27)26(32)10-4-17-3-6-19(29)16-25(17)30/h3-6,10,16,20-24,31H,7-9,11-15H2,1-2H3/b10-4+/t20-,21-,22-,23-,24+,27-,28-/m0/s1. The molecule has 0 spiro atoms. The lowest BCUT2D eigenvalue weighted by atomic mass is 9.47. The van der Waals surface area contributed by atoms with Gasteiger partial charge in [0.15, 0.2) is 5.78 Å². The zero-order valence-electron chi connectivity index (χ0n) is 19.1. The van der Waals surface area contributed by atoms with Crippen LogP contribution in [0.3, 0.4) is 0 Å². The molecule has 4 aliphatic carbocycles. The number of fused-ring (bicyclic) bond motifs is 5. The minimum Gasteiger partial charge on any atom is -0.393 e. The van der Waals surface area contributed by atoms with E-state index in [9.17, 15) is 9.90 Å². The molecule has 7 atom stereocenters. The molecule has 1 N–H and O–H groups in total. The van der Waals surface area contributed by atoms with E-state index in [-0.39, 0.29) is 28.6 Å². The first kappa shape index (κ1) is 22.7. The molecule has 0 saturated heterocycles. The van der Waals surface area contributed by atoms with E-state index in [0.29, 0.717) is 27.8 Å². The average molecular weight is 473 g/mol. The monoisotopic (exact) mass is 472 g/mol. The van der Waals surface area contributed by atoms with E-state index in [0.717, 1.165) is 50.5 Å². The SMILES string of the molecule is C[C@]12CC[C@H]3[C@@H](CC=C4C[C@@H](O)CC[C@@]43C)[C@@H]1CC[C@@H]2C(=O)/C=C/c1ccc(Cl)cc1Cl. The molecule has 5 rings (SSSR count). The Labute approximate surface area is 202 Å². The van der Waals surface area contributed by atoms with Gasteiger partial charge in [-0.05, 0) is 110 Å². The van der Waals surface area contributed by atoms with Crippen LogP contribution in [0.1, 0.15) is 70.8 Å². The fourth-order valence-electron chi connectivity index (χ4n) is 8.03. The van der Waals surface area contributed by atoms with Crippen LogP contribution in [0.4, 0.5) is 0 Å². The molecule has 3 fully saturated rings. The van der Waals surface area contributed by atoms with Gasteiger partial charge in [-0.3, -0.25) is 4.79 Å². The lowest BCUT2D eigenvalue weighted by Crippen LogP contribution is -2.50. The Morgan fingerprint density at radius 1 is 1.09 bits per heavy atom. The van der Waals surface area contributed by atoms with Gasteiger partial charge >= 0.3 is 0 Å². The number of hydrogen-bond donors (Lipinski definition) is 1. The van der Waals surface area contributed by atoms with Crippen LogP contribution < -0.4 is 0 Å². The van der Waals surface area contributed by atoms with Crippen molar-refractivity contribution in [2.24, 2.45) is 34.5 Å². The third-order valence-corrected chi connectivity index (χ3v) is 10.4. The zero-order valence-corrected chi connectivity index (χ0v) is 20.6. The maximum absolute atomic E-state index is 13.3. The fourth-order valence-corrected chi connectivity index (χ4v) is 8.51. The molecule has 0 bridgehead atoms. The Morgan fingerprint density at radius 3 is 2.69 bits per heavy atom. The maximum Gasteiger partial charge on any atom is 0.159 e. The lowest BCUT2D eigenvalue weighted by Gasteiger charge is -2.57. The summed E-state index contributed by atoms with van der Waals surface area (Å²) in [6, 6.07) is 5.39. The second kappa shape index (κ2) is 8.29. The number of aliphatic hydroxyl groups is 1. The number of ketones is 1. The highest BCUT2D eigenvalue weighted by atomic mass is 35.5. The topological polar surface area (TPSA) is 37.3 Å². The molecule has 1 aromatic carbocycles. The fraction of sp³-hybridized carbons (Fsp3) is 0.607. The smallest absolute Gasteiger partial charge is 0.159 e. The molecular weight excluding hydrogens is 439 g/mol. The van der Waals surface area contributed by atoms with Crippen LogP contribution in [0.5, 0.6) is 0 Å². The number of aliphatic hydroxyl groups excluding tert-OH is 1. The van der Waals surface area contributed by atoms with Crippen LogP contribution >= 0.6 is 23.2 Å². The molecule has 32 heavy (non-hydrogen) atoms. The van der Waals surface area contributed by atoms with Crippen LogP contribution in [-0.2, 0) is 4.79 Å². The molecule has 1 aromatic rings. The van der Waals surface area contributed by atoms with Gasteiger partial charge in [-0.25, -0.2) is 0 Å². The zero-order chi connectivity index (χ0) is 22.7. The van der Waals surface area contributed by atoms with Gasteiger partial charge in [0.05, 0.1) is 6.10 Å². The molecule has 0 unspecified atom stereocenters. The molecular formula is C28H34Cl2O2. The summed E-state index contributed by atoms with van der Waals surface area (Å²) in [4.78, 5) is 13.3. The molecule has 0 heterocycles. The van der Waals surface area contributed by atoms with Crippen molar-refractivity contribution in [2.45, 2.75) is 71.3 Å². The summed E-state index contributed by atoms with van der Waals surface area (Å²) >= 11 is 12.3. The second-order valence-corrected chi connectivity index (χ2v) is 12.1. The van der Waals surface area contributed by atoms with Gasteiger partial charge in [-0.15, -0.1) is 0 Å². The Hall–Kier alpha value is -1.09. The number of carbonyl (C=O) groups is 1. The van der Waals surface area contributed by atoms with Crippen molar-refractivity contribution in [2.75, 3.05) is 0 Å². The molecule has 172 valence electrons. The van der Waals surface area contributed by atoms with E-state index in [4.69, 9.17) is 23.2 Å². The summed E-state index contributed by atoms with van der Waals surface area (Å²) in [5, 5.41) is 11.4. The normalized spacial score (nSPS) is 41.0. The van der Waals surface area contributed by atoms with Crippen molar-refractivity contribution in [3.8, 4) is 0 Å². The number of hydrogen-bond acceptors (Lipinski definition) is 2. The molecule has 4 heteroatoms. The number of halogens is 2. The van der Waals surface area contributed by atoms with Gasteiger partial charge in [-0.2, -0.15) is 0 Å². The van der Waals surface area contributed by atoms with Gasteiger partial charge in [0.25, 0.3) is 0 Å². The van der Waals surface area contributed by atoms with Gasteiger partial charge in [-0.1, -0.05) is 54.8 Å². The van der Waals surface area contributed by atoms with Crippen molar-refractivity contribution in [3.63, 3.8) is 0 Å². The summed E-state index contributed by atoms with van der Waals surface area (Å²) < 4.78 is 0. The van der Waals surface area contributed by atoms with E-state index in [2.05, 4.69) is 19.9 Å². The Morgan fingerprint density at radius 2 is 1.91 bits per heavy atom. The molecule has 0 aromatic heterocycles. The predicted molar refractivity (Wildman–Crippen MR) is 132 cm³/mol. The van der Waals surface area contributed by atoms with Crippen molar-refractivity contribution in [3.05, 3.63) is 51.5 Å².